The van der Waals surface area contributed by atoms with Crippen LogP contribution in [0.15, 0.2) is 0 Å². The van der Waals surface area contributed by atoms with Crippen LogP contribution < -0.4 is 0 Å². The molecule has 0 aromatic rings. The maximum atomic E-state index is 9.37. The quantitative estimate of drug-likeness (QED) is 0.589. The Bertz CT molecular complexity index is 131. The average Bonchev–Trinajstić information content (AvgIpc) is 2.44. The van der Waals surface area contributed by atoms with E-state index in [1.807, 2.05) is 6.92 Å². The molecule has 2 aliphatic rings. The minimum Gasteiger partial charge on any atom is -0.393 e. The molecule has 0 aromatic carbocycles. The van der Waals surface area contributed by atoms with E-state index in [1.165, 1.54) is 25.7 Å². The van der Waals surface area contributed by atoms with E-state index < -0.39 is 0 Å². The van der Waals surface area contributed by atoms with E-state index in [1.54, 1.807) is 0 Å². The van der Waals surface area contributed by atoms with Gasteiger partial charge in [0.2, 0.25) is 0 Å². The Morgan fingerprint density at radius 3 is 2.40 bits per heavy atom. The average molecular weight is 140 g/mol. The number of aliphatic hydroxyl groups excluding tert-OH is 1. The van der Waals surface area contributed by atoms with Gasteiger partial charge >= 0.3 is 0 Å². The molecule has 0 saturated heterocycles. The van der Waals surface area contributed by atoms with Gasteiger partial charge in [-0.05, 0) is 43.9 Å². The molecule has 0 radical (unpaired) electrons. The molecule has 2 saturated carbocycles. The summed E-state index contributed by atoms with van der Waals surface area (Å²) in [6, 6.07) is 0. The standard InChI is InChI=1S/C9H16O/c1-6(10)9-5-7-2-3-8(9)4-7/h6-10H,2-5H2,1H3/t6-,7+,8-,9+/m1/s1. The number of hydrogen-bond acceptors (Lipinski definition) is 1. The van der Waals surface area contributed by atoms with Crippen molar-refractivity contribution in [3.63, 3.8) is 0 Å². The Morgan fingerprint density at radius 1 is 1.30 bits per heavy atom. The number of rotatable bonds is 1. The molecular weight excluding hydrogens is 124 g/mol. The van der Waals surface area contributed by atoms with Crippen LogP contribution in [-0.2, 0) is 0 Å². The second-order valence-corrected chi connectivity index (χ2v) is 4.08. The van der Waals surface area contributed by atoms with Gasteiger partial charge in [-0.25, -0.2) is 0 Å². The summed E-state index contributed by atoms with van der Waals surface area (Å²) < 4.78 is 0. The molecule has 0 spiro atoms. The lowest BCUT2D eigenvalue weighted by Crippen LogP contribution is -2.22. The van der Waals surface area contributed by atoms with Crippen molar-refractivity contribution in [1.29, 1.82) is 0 Å². The van der Waals surface area contributed by atoms with Crippen molar-refractivity contribution in [2.45, 2.75) is 38.7 Å². The lowest BCUT2D eigenvalue weighted by Gasteiger charge is -2.23. The van der Waals surface area contributed by atoms with Gasteiger partial charge < -0.3 is 5.11 Å². The van der Waals surface area contributed by atoms with Crippen LogP contribution >= 0.6 is 0 Å². The zero-order chi connectivity index (χ0) is 7.14. The molecule has 2 rings (SSSR count). The smallest absolute Gasteiger partial charge is 0.0543 e. The third-order valence-corrected chi connectivity index (χ3v) is 3.41. The predicted molar refractivity (Wildman–Crippen MR) is 40.6 cm³/mol. The first-order chi connectivity index (χ1) is 4.77. The summed E-state index contributed by atoms with van der Waals surface area (Å²) in [7, 11) is 0. The van der Waals surface area contributed by atoms with E-state index in [2.05, 4.69) is 0 Å². The molecule has 1 N–H and O–H groups in total. The molecule has 58 valence electrons. The summed E-state index contributed by atoms with van der Waals surface area (Å²) in [6.45, 7) is 1.95. The van der Waals surface area contributed by atoms with Crippen LogP contribution in [0.2, 0.25) is 0 Å². The van der Waals surface area contributed by atoms with Gasteiger partial charge in [-0.3, -0.25) is 0 Å². The highest BCUT2D eigenvalue weighted by Gasteiger charge is 2.41. The molecule has 2 fully saturated rings. The van der Waals surface area contributed by atoms with Crippen molar-refractivity contribution < 1.29 is 5.11 Å². The van der Waals surface area contributed by atoms with Gasteiger partial charge in [-0.1, -0.05) is 6.42 Å². The predicted octanol–water partition coefficient (Wildman–Crippen LogP) is 1.80. The maximum Gasteiger partial charge on any atom is 0.0543 e. The molecule has 0 unspecified atom stereocenters. The lowest BCUT2D eigenvalue weighted by molar-refractivity contribution is 0.0905. The Kier molecular flexibility index (Phi) is 1.48. The summed E-state index contributed by atoms with van der Waals surface area (Å²) in [4.78, 5) is 0. The van der Waals surface area contributed by atoms with E-state index in [4.69, 9.17) is 0 Å². The third kappa shape index (κ3) is 0.878. The summed E-state index contributed by atoms with van der Waals surface area (Å²) in [5.41, 5.74) is 0. The molecule has 10 heavy (non-hydrogen) atoms. The molecule has 0 heterocycles. The summed E-state index contributed by atoms with van der Waals surface area (Å²) in [6.07, 6.45) is 5.50. The Labute approximate surface area is 62.4 Å². The zero-order valence-electron chi connectivity index (χ0n) is 6.59. The third-order valence-electron chi connectivity index (χ3n) is 3.41. The Balaban J connectivity index is 2.02. The Morgan fingerprint density at radius 2 is 2.10 bits per heavy atom. The molecule has 0 aromatic heterocycles. The van der Waals surface area contributed by atoms with Crippen molar-refractivity contribution in [3.05, 3.63) is 0 Å². The van der Waals surface area contributed by atoms with Crippen LogP contribution in [0.25, 0.3) is 0 Å². The minimum atomic E-state index is -0.0460. The zero-order valence-corrected chi connectivity index (χ0v) is 6.59. The highest BCUT2D eigenvalue weighted by molar-refractivity contribution is 4.91. The van der Waals surface area contributed by atoms with Gasteiger partial charge in [0.25, 0.3) is 0 Å². The topological polar surface area (TPSA) is 20.2 Å². The first-order valence-electron chi connectivity index (χ1n) is 4.45. The normalized spacial score (nSPS) is 48.0. The first-order valence-corrected chi connectivity index (χ1v) is 4.45. The van der Waals surface area contributed by atoms with Gasteiger partial charge in [0, 0.05) is 0 Å². The van der Waals surface area contributed by atoms with Crippen LogP contribution in [0, 0.1) is 17.8 Å². The molecule has 1 nitrogen and oxygen atoms in total. The minimum absolute atomic E-state index is 0.0460. The fourth-order valence-electron chi connectivity index (χ4n) is 2.88. The largest absolute Gasteiger partial charge is 0.393 e. The maximum absolute atomic E-state index is 9.37. The van der Waals surface area contributed by atoms with Gasteiger partial charge in [0.15, 0.2) is 0 Å². The summed E-state index contributed by atoms with van der Waals surface area (Å²) in [5.74, 6) is 2.51. The Hall–Kier alpha value is -0.0400. The van der Waals surface area contributed by atoms with E-state index in [0.29, 0.717) is 5.92 Å². The highest BCUT2D eigenvalue weighted by Crippen LogP contribution is 2.49. The molecule has 1 heteroatoms. The first kappa shape index (κ1) is 6.66. The lowest BCUT2D eigenvalue weighted by atomic mass is 9.85. The van der Waals surface area contributed by atoms with Gasteiger partial charge in [0.05, 0.1) is 6.10 Å². The van der Waals surface area contributed by atoms with Gasteiger partial charge in [-0.15, -0.1) is 0 Å². The van der Waals surface area contributed by atoms with Crippen molar-refractivity contribution in [2.75, 3.05) is 0 Å². The SMILES string of the molecule is C[C@@H](O)[C@@H]1C[C@H]2CC[C@@H]1C2. The molecule has 0 aliphatic heterocycles. The van der Waals surface area contributed by atoms with Crippen LogP contribution in [0.5, 0.6) is 0 Å². The van der Waals surface area contributed by atoms with Crippen molar-refractivity contribution in [3.8, 4) is 0 Å². The van der Waals surface area contributed by atoms with Crippen molar-refractivity contribution in [1.82, 2.24) is 0 Å². The van der Waals surface area contributed by atoms with Crippen LogP contribution in [0.4, 0.5) is 0 Å². The highest BCUT2D eigenvalue weighted by atomic mass is 16.3. The fourth-order valence-corrected chi connectivity index (χ4v) is 2.88. The van der Waals surface area contributed by atoms with Gasteiger partial charge in [-0.2, -0.15) is 0 Å². The second-order valence-electron chi connectivity index (χ2n) is 4.08. The number of hydrogen-bond donors (Lipinski definition) is 1. The van der Waals surface area contributed by atoms with E-state index in [9.17, 15) is 5.11 Å². The monoisotopic (exact) mass is 140 g/mol. The second kappa shape index (κ2) is 2.23. The molecular formula is C9H16O. The number of fused-ring (bicyclic) bond motifs is 2. The van der Waals surface area contributed by atoms with Crippen LogP contribution in [0.3, 0.4) is 0 Å². The van der Waals surface area contributed by atoms with Crippen LogP contribution in [0.1, 0.15) is 32.6 Å². The van der Waals surface area contributed by atoms with Crippen LogP contribution in [-0.4, -0.2) is 11.2 Å². The van der Waals surface area contributed by atoms with Crippen molar-refractivity contribution >= 4 is 0 Å². The van der Waals surface area contributed by atoms with E-state index in [0.717, 1.165) is 11.8 Å². The van der Waals surface area contributed by atoms with E-state index >= 15 is 0 Å². The van der Waals surface area contributed by atoms with Gasteiger partial charge in [0.1, 0.15) is 0 Å². The fraction of sp³-hybridized carbons (Fsp3) is 1.00. The summed E-state index contributed by atoms with van der Waals surface area (Å²) >= 11 is 0. The molecule has 2 bridgehead atoms. The molecule has 2 aliphatic carbocycles. The molecule has 4 atom stereocenters. The molecule has 0 amide bonds. The summed E-state index contributed by atoms with van der Waals surface area (Å²) in [5, 5.41) is 9.37. The van der Waals surface area contributed by atoms with E-state index in [-0.39, 0.29) is 6.10 Å². The van der Waals surface area contributed by atoms with Crippen molar-refractivity contribution in [2.24, 2.45) is 17.8 Å². The number of aliphatic hydroxyl groups is 1.